The summed E-state index contributed by atoms with van der Waals surface area (Å²) in [6, 6.07) is 10.2. The lowest BCUT2D eigenvalue weighted by Gasteiger charge is -2.37. The molecule has 0 bridgehead atoms. The van der Waals surface area contributed by atoms with Gasteiger partial charge in [-0.2, -0.15) is 0 Å². The van der Waals surface area contributed by atoms with Crippen molar-refractivity contribution < 1.29 is 4.79 Å². The van der Waals surface area contributed by atoms with Crippen molar-refractivity contribution >= 4 is 17.3 Å². The number of piperazine rings is 1. The zero-order chi connectivity index (χ0) is 18.5. The van der Waals surface area contributed by atoms with Crippen molar-refractivity contribution in [3.05, 3.63) is 53.3 Å². The van der Waals surface area contributed by atoms with Crippen LogP contribution in [0, 0.1) is 13.8 Å². The van der Waals surface area contributed by atoms with Gasteiger partial charge in [0.05, 0.1) is 11.9 Å². The smallest absolute Gasteiger partial charge is 0.272 e. The molecule has 1 amide bonds. The zero-order valence-corrected chi connectivity index (χ0v) is 16.0. The summed E-state index contributed by atoms with van der Waals surface area (Å²) in [6.07, 6.45) is 2.81. The molecular weight excluding hydrogens is 324 g/mol. The Bertz CT molecular complexity index is 749. The maximum absolute atomic E-state index is 12.7. The van der Waals surface area contributed by atoms with Crippen molar-refractivity contribution in [1.29, 1.82) is 0 Å². The number of nitrogens with zero attached hydrogens (tertiary/aromatic N) is 3. The molecular formula is C21H28N4O. The summed E-state index contributed by atoms with van der Waals surface area (Å²) >= 11 is 0. The molecule has 5 heteroatoms. The van der Waals surface area contributed by atoms with Gasteiger partial charge in [-0.25, -0.2) is 4.98 Å². The van der Waals surface area contributed by atoms with Crippen molar-refractivity contribution in [3.8, 4) is 0 Å². The van der Waals surface area contributed by atoms with Gasteiger partial charge in [0, 0.05) is 38.4 Å². The molecule has 138 valence electrons. The molecule has 3 rings (SSSR count). The highest BCUT2D eigenvalue weighted by atomic mass is 16.2. The van der Waals surface area contributed by atoms with Gasteiger partial charge in [-0.1, -0.05) is 19.1 Å². The van der Waals surface area contributed by atoms with Crippen LogP contribution in [0.4, 0.5) is 11.4 Å². The van der Waals surface area contributed by atoms with Crippen LogP contribution >= 0.6 is 0 Å². The highest BCUT2D eigenvalue weighted by Gasteiger charge is 2.23. The topological polar surface area (TPSA) is 48.5 Å². The van der Waals surface area contributed by atoms with Gasteiger partial charge in [0.2, 0.25) is 0 Å². The number of carbonyl (C=O) groups is 1. The first-order valence-corrected chi connectivity index (χ1v) is 9.40. The molecule has 0 aliphatic carbocycles. The molecule has 5 nitrogen and oxygen atoms in total. The number of pyridine rings is 1. The molecule has 1 aliphatic heterocycles. The van der Waals surface area contributed by atoms with Crippen LogP contribution in [0.5, 0.6) is 0 Å². The molecule has 0 radical (unpaired) electrons. The summed E-state index contributed by atoms with van der Waals surface area (Å²) < 4.78 is 0. The molecule has 0 saturated carbocycles. The molecule has 0 spiro atoms. The van der Waals surface area contributed by atoms with E-state index in [9.17, 15) is 4.79 Å². The fraction of sp³-hybridized carbons (Fsp3) is 0.429. The van der Waals surface area contributed by atoms with Gasteiger partial charge >= 0.3 is 0 Å². The van der Waals surface area contributed by atoms with E-state index in [-0.39, 0.29) is 5.91 Å². The van der Waals surface area contributed by atoms with Crippen molar-refractivity contribution in [2.75, 3.05) is 42.9 Å². The van der Waals surface area contributed by atoms with Crippen LogP contribution < -0.4 is 10.2 Å². The number of aromatic nitrogens is 1. The Balaban J connectivity index is 1.60. The third-order valence-electron chi connectivity index (χ3n) is 5.05. The number of hydrogen-bond donors (Lipinski definition) is 1. The molecule has 26 heavy (non-hydrogen) atoms. The number of carbonyl (C=O) groups excluding carboxylic acids is 1. The number of benzene rings is 1. The normalized spacial score (nSPS) is 14.4. The van der Waals surface area contributed by atoms with Gasteiger partial charge in [0.15, 0.2) is 0 Å². The van der Waals surface area contributed by atoms with Crippen LogP contribution in [0.2, 0.25) is 0 Å². The Kier molecular flexibility index (Phi) is 5.76. The van der Waals surface area contributed by atoms with Crippen LogP contribution in [0.25, 0.3) is 0 Å². The lowest BCUT2D eigenvalue weighted by molar-refractivity contribution is 0.0741. The predicted octanol–water partition coefficient (Wildman–Crippen LogP) is 3.48. The van der Waals surface area contributed by atoms with E-state index in [1.165, 1.54) is 16.8 Å². The minimum Gasteiger partial charge on any atom is -0.384 e. The molecule has 2 heterocycles. The Hall–Kier alpha value is -2.56. The third-order valence-corrected chi connectivity index (χ3v) is 5.05. The first-order valence-electron chi connectivity index (χ1n) is 9.40. The lowest BCUT2D eigenvalue weighted by Crippen LogP contribution is -2.49. The second-order valence-corrected chi connectivity index (χ2v) is 6.86. The van der Waals surface area contributed by atoms with Crippen LogP contribution in [0.1, 0.15) is 35.0 Å². The highest BCUT2D eigenvalue weighted by Crippen LogP contribution is 2.24. The molecule has 1 aliphatic rings. The molecule has 1 aromatic heterocycles. The summed E-state index contributed by atoms with van der Waals surface area (Å²) in [4.78, 5) is 21.3. The average molecular weight is 352 g/mol. The molecule has 1 aromatic carbocycles. The number of anilines is 2. The Morgan fingerprint density at radius 1 is 1.12 bits per heavy atom. The standard InChI is InChI=1S/C21H28N4O/c1-4-10-22-18-8-9-19(23-15-18)21(26)25-13-11-24(12-14-25)20-7-5-6-16(2)17(20)3/h5-9,15,22H,4,10-14H2,1-3H3. The number of hydrogen-bond acceptors (Lipinski definition) is 4. The quantitative estimate of drug-likeness (QED) is 0.895. The fourth-order valence-electron chi connectivity index (χ4n) is 3.28. The monoisotopic (exact) mass is 352 g/mol. The van der Waals surface area contributed by atoms with E-state index in [4.69, 9.17) is 0 Å². The SMILES string of the molecule is CCCNc1ccc(C(=O)N2CCN(c3cccc(C)c3C)CC2)nc1. The zero-order valence-electron chi connectivity index (χ0n) is 16.0. The number of rotatable bonds is 5. The van der Waals surface area contributed by atoms with Gasteiger partial charge < -0.3 is 15.1 Å². The first-order chi connectivity index (χ1) is 12.6. The highest BCUT2D eigenvalue weighted by molar-refractivity contribution is 5.92. The van der Waals surface area contributed by atoms with E-state index in [2.05, 4.69) is 54.2 Å². The largest absolute Gasteiger partial charge is 0.384 e. The van der Waals surface area contributed by atoms with Crippen molar-refractivity contribution in [2.45, 2.75) is 27.2 Å². The van der Waals surface area contributed by atoms with Gasteiger partial charge in [0.1, 0.15) is 5.69 Å². The van der Waals surface area contributed by atoms with Crippen LogP contribution in [-0.2, 0) is 0 Å². The number of aryl methyl sites for hydroxylation is 1. The summed E-state index contributed by atoms with van der Waals surface area (Å²) in [6.45, 7) is 10.5. The van der Waals surface area contributed by atoms with Crippen LogP contribution in [0.15, 0.2) is 36.5 Å². The molecule has 0 atom stereocenters. The third kappa shape index (κ3) is 3.98. The number of amides is 1. The number of nitrogens with one attached hydrogen (secondary N) is 1. The summed E-state index contributed by atoms with van der Waals surface area (Å²) in [7, 11) is 0. The summed E-state index contributed by atoms with van der Waals surface area (Å²) in [5, 5.41) is 3.28. The minimum absolute atomic E-state index is 0.0210. The Morgan fingerprint density at radius 3 is 2.54 bits per heavy atom. The average Bonchev–Trinajstić information content (AvgIpc) is 2.68. The fourth-order valence-corrected chi connectivity index (χ4v) is 3.28. The summed E-state index contributed by atoms with van der Waals surface area (Å²) in [5.41, 5.74) is 5.39. The van der Waals surface area contributed by atoms with Crippen molar-refractivity contribution in [2.24, 2.45) is 0 Å². The molecule has 0 unspecified atom stereocenters. The van der Waals surface area contributed by atoms with E-state index < -0.39 is 0 Å². The minimum atomic E-state index is 0.0210. The Labute approximate surface area is 156 Å². The van der Waals surface area contributed by atoms with Crippen LogP contribution in [0.3, 0.4) is 0 Å². The van der Waals surface area contributed by atoms with E-state index in [0.29, 0.717) is 5.69 Å². The molecule has 1 saturated heterocycles. The van der Waals surface area contributed by atoms with Gasteiger partial charge in [-0.05, 0) is 49.6 Å². The maximum Gasteiger partial charge on any atom is 0.272 e. The molecule has 1 fully saturated rings. The summed E-state index contributed by atoms with van der Waals surface area (Å²) in [5.74, 6) is 0.0210. The lowest BCUT2D eigenvalue weighted by atomic mass is 10.1. The van der Waals surface area contributed by atoms with E-state index in [0.717, 1.165) is 44.8 Å². The van der Waals surface area contributed by atoms with Gasteiger partial charge in [-0.15, -0.1) is 0 Å². The van der Waals surface area contributed by atoms with Crippen molar-refractivity contribution in [3.63, 3.8) is 0 Å². The van der Waals surface area contributed by atoms with E-state index in [1.54, 1.807) is 6.20 Å². The molecule has 1 N–H and O–H groups in total. The first kappa shape index (κ1) is 18.2. The van der Waals surface area contributed by atoms with Gasteiger partial charge in [-0.3, -0.25) is 4.79 Å². The second kappa shape index (κ2) is 8.21. The predicted molar refractivity (Wildman–Crippen MR) is 107 cm³/mol. The second-order valence-electron chi connectivity index (χ2n) is 6.86. The molecule has 2 aromatic rings. The Morgan fingerprint density at radius 2 is 1.88 bits per heavy atom. The van der Waals surface area contributed by atoms with Gasteiger partial charge in [0.25, 0.3) is 5.91 Å². The maximum atomic E-state index is 12.7. The van der Waals surface area contributed by atoms with E-state index in [1.807, 2.05) is 17.0 Å². The van der Waals surface area contributed by atoms with E-state index >= 15 is 0 Å². The van der Waals surface area contributed by atoms with Crippen LogP contribution in [-0.4, -0.2) is 48.5 Å². The van der Waals surface area contributed by atoms with Crippen molar-refractivity contribution in [1.82, 2.24) is 9.88 Å².